The van der Waals surface area contributed by atoms with E-state index in [9.17, 15) is 5.11 Å². The minimum atomic E-state index is -0.538. The Bertz CT molecular complexity index is 110. The zero-order valence-corrected chi connectivity index (χ0v) is 8.64. The second-order valence-corrected chi connectivity index (χ2v) is 4.32. The average Bonchev–Trinajstić information content (AvgIpc) is 1.85. The summed E-state index contributed by atoms with van der Waals surface area (Å²) in [5, 5.41) is 9.75. The molecule has 0 aliphatic rings. The molecule has 0 bridgehead atoms. The Morgan fingerprint density at radius 3 is 2.33 bits per heavy atom. The topological polar surface area (TPSA) is 46.2 Å². The first-order valence-corrected chi connectivity index (χ1v) is 4.90. The summed E-state index contributed by atoms with van der Waals surface area (Å²) in [5.41, 5.74) is 4.85. The van der Waals surface area contributed by atoms with Gasteiger partial charge >= 0.3 is 0 Å². The van der Waals surface area contributed by atoms with Crippen molar-refractivity contribution in [2.45, 2.75) is 52.1 Å². The molecule has 1 atom stereocenters. The van der Waals surface area contributed by atoms with E-state index in [4.69, 9.17) is 5.73 Å². The normalized spacial score (nSPS) is 16.5. The summed E-state index contributed by atoms with van der Waals surface area (Å²) in [5.74, 6) is 0.735. The lowest BCUT2D eigenvalue weighted by atomic mass is 9.93. The van der Waals surface area contributed by atoms with Crippen molar-refractivity contribution in [3.63, 3.8) is 0 Å². The maximum atomic E-state index is 9.75. The predicted molar refractivity (Wildman–Crippen MR) is 53.0 cm³/mol. The molecule has 3 N–H and O–H groups in total. The third-order valence-corrected chi connectivity index (χ3v) is 2.18. The quantitative estimate of drug-likeness (QED) is 0.644. The lowest BCUT2D eigenvalue weighted by Gasteiger charge is -2.22. The minimum absolute atomic E-state index is 0.538. The van der Waals surface area contributed by atoms with Gasteiger partial charge in [-0.1, -0.05) is 26.7 Å². The van der Waals surface area contributed by atoms with Crippen LogP contribution in [0.5, 0.6) is 0 Å². The number of hydrogen-bond acceptors (Lipinski definition) is 2. The molecule has 0 aromatic rings. The molecule has 1 unspecified atom stereocenters. The average molecular weight is 173 g/mol. The smallest absolute Gasteiger partial charge is 0.0631 e. The van der Waals surface area contributed by atoms with Crippen LogP contribution in [0.15, 0.2) is 0 Å². The van der Waals surface area contributed by atoms with Crippen LogP contribution >= 0.6 is 0 Å². The second kappa shape index (κ2) is 5.55. The Hall–Kier alpha value is -0.0800. The van der Waals surface area contributed by atoms with Gasteiger partial charge in [0.15, 0.2) is 0 Å². The molecular weight excluding hydrogens is 150 g/mol. The number of nitrogens with two attached hydrogens (primary N) is 1. The monoisotopic (exact) mass is 173 g/mol. The first-order valence-electron chi connectivity index (χ1n) is 4.90. The maximum absolute atomic E-state index is 9.75. The van der Waals surface area contributed by atoms with Gasteiger partial charge in [-0.3, -0.25) is 0 Å². The SMILES string of the molecule is CC(C)CCCC(C)(O)CCN. The molecule has 0 fully saturated rings. The van der Waals surface area contributed by atoms with E-state index in [2.05, 4.69) is 13.8 Å². The molecule has 0 radical (unpaired) electrons. The molecule has 0 spiro atoms. The van der Waals surface area contributed by atoms with Crippen LogP contribution in [0.3, 0.4) is 0 Å². The molecule has 0 saturated heterocycles. The van der Waals surface area contributed by atoms with E-state index in [0.29, 0.717) is 13.0 Å². The molecule has 0 rings (SSSR count). The molecular formula is C10H23NO. The maximum Gasteiger partial charge on any atom is 0.0631 e. The largest absolute Gasteiger partial charge is 0.390 e. The lowest BCUT2D eigenvalue weighted by Crippen LogP contribution is -2.27. The first kappa shape index (κ1) is 11.9. The van der Waals surface area contributed by atoms with Crippen molar-refractivity contribution in [3.05, 3.63) is 0 Å². The molecule has 0 aromatic carbocycles. The van der Waals surface area contributed by atoms with Crippen molar-refractivity contribution >= 4 is 0 Å². The van der Waals surface area contributed by atoms with E-state index in [1.165, 1.54) is 6.42 Å². The van der Waals surface area contributed by atoms with Gasteiger partial charge in [0, 0.05) is 0 Å². The molecule has 74 valence electrons. The number of hydrogen-bond donors (Lipinski definition) is 2. The van der Waals surface area contributed by atoms with Crippen molar-refractivity contribution < 1.29 is 5.11 Å². The Balaban J connectivity index is 3.46. The standard InChI is InChI=1S/C10H23NO/c1-9(2)5-4-6-10(3,12)7-8-11/h9,12H,4-8,11H2,1-3H3. The second-order valence-electron chi connectivity index (χ2n) is 4.32. The molecule has 0 aliphatic heterocycles. The molecule has 0 amide bonds. The summed E-state index contributed by atoms with van der Waals surface area (Å²) in [7, 11) is 0. The van der Waals surface area contributed by atoms with Gasteiger partial charge in [-0.15, -0.1) is 0 Å². The molecule has 12 heavy (non-hydrogen) atoms. The van der Waals surface area contributed by atoms with Crippen LogP contribution in [0.1, 0.15) is 46.5 Å². The van der Waals surface area contributed by atoms with Crippen LogP contribution in [0, 0.1) is 5.92 Å². The van der Waals surface area contributed by atoms with Crippen molar-refractivity contribution in [1.82, 2.24) is 0 Å². The Morgan fingerprint density at radius 2 is 1.92 bits per heavy atom. The molecule has 0 aliphatic carbocycles. The lowest BCUT2D eigenvalue weighted by molar-refractivity contribution is 0.0411. The van der Waals surface area contributed by atoms with E-state index >= 15 is 0 Å². The van der Waals surface area contributed by atoms with Crippen LogP contribution in [0.25, 0.3) is 0 Å². The number of aliphatic hydroxyl groups is 1. The summed E-state index contributed by atoms with van der Waals surface area (Å²) >= 11 is 0. The number of rotatable bonds is 6. The zero-order chi connectivity index (χ0) is 9.61. The van der Waals surface area contributed by atoms with E-state index < -0.39 is 5.60 Å². The summed E-state index contributed by atoms with van der Waals surface area (Å²) in [6.07, 6.45) is 3.89. The van der Waals surface area contributed by atoms with Crippen molar-refractivity contribution in [1.29, 1.82) is 0 Å². The third-order valence-electron chi connectivity index (χ3n) is 2.18. The van der Waals surface area contributed by atoms with Gasteiger partial charge in [-0.05, 0) is 32.2 Å². The van der Waals surface area contributed by atoms with E-state index in [-0.39, 0.29) is 0 Å². The predicted octanol–water partition coefficient (Wildman–Crippen LogP) is 1.91. The molecule has 0 saturated carbocycles. The molecule has 0 aromatic heterocycles. The molecule has 2 heteroatoms. The van der Waals surface area contributed by atoms with E-state index in [0.717, 1.165) is 18.8 Å². The van der Waals surface area contributed by atoms with Crippen molar-refractivity contribution in [3.8, 4) is 0 Å². The van der Waals surface area contributed by atoms with Gasteiger partial charge < -0.3 is 10.8 Å². The van der Waals surface area contributed by atoms with Crippen molar-refractivity contribution in [2.75, 3.05) is 6.54 Å². The highest BCUT2D eigenvalue weighted by molar-refractivity contribution is 4.72. The summed E-state index contributed by atoms with van der Waals surface area (Å²) in [6.45, 7) is 6.87. The Kier molecular flexibility index (Phi) is 5.51. The van der Waals surface area contributed by atoms with E-state index in [1.54, 1.807) is 0 Å². The van der Waals surface area contributed by atoms with Gasteiger partial charge in [-0.2, -0.15) is 0 Å². The summed E-state index contributed by atoms with van der Waals surface area (Å²) in [4.78, 5) is 0. The van der Waals surface area contributed by atoms with Gasteiger partial charge in [0.1, 0.15) is 0 Å². The zero-order valence-electron chi connectivity index (χ0n) is 8.64. The van der Waals surface area contributed by atoms with Crippen LogP contribution < -0.4 is 5.73 Å². The fourth-order valence-electron chi connectivity index (χ4n) is 1.33. The first-order chi connectivity index (χ1) is 5.48. The highest BCUT2D eigenvalue weighted by Gasteiger charge is 2.18. The molecule has 0 heterocycles. The fourth-order valence-corrected chi connectivity index (χ4v) is 1.33. The fraction of sp³-hybridized carbons (Fsp3) is 1.00. The Labute approximate surface area is 76.2 Å². The van der Waals surface area contributed by atoms with Crippen molar-refractivity contribution in [2.24, 2.45) is 11.7 Å². The van der Waals surface area contributed by atoms with Crippen LogP contribution in [0.4, 0.5) is 0 Å². The third kappa shape index (κ3) is 6.62. The van der Waals surface area contributed by atoms with Gasteiger partial charge in [0.2, 0.25) is 0 Å². The van der Waals surface area contributed by atoms with Crippen LogP contribution in [-0.4, -0.2) is 17.3 Å². The van der Waals surface area contributed by atoms with E-state index in [1.807, 2.05) is 6.92 Å². The molecule has 2 nitrogen and oxygen atoms in total. The highest BCUT2D eigenvalue weighted by atomic mass is 16.3. The van der Waals surface area contributed by atoms with Crippen LogP contribution in [-0.2, 0) is 0 Å². The van der Waals surface area contributed by atoms with Crippen LogP contribution in [0.2, 0.25) is 0 Å². The highest BCUT2D eigenvalue weighted by Crippen LogP contribution is 2.18. The van der Waals surface area contributed by atoms with Gasteiger partial charge in [-0.25, -0.2) is 0 Å². The van der Waals surface area contributed by atoms with Gasteiger partial charge in [0.25, 0.3) is 0 Å². The minimum Gasteiger partial charge on any atom is -0.390 e. The Morgan fingerprint density at radius 1 is 1.33 bits per heavy atom. The summed E-state index contributed by atoms with van der Waals surface area (Å²) in [6, 6.07) is 0. The summed E-state index contributed by atoms with van der Waals surface area (Å²) < 4.78 is 0. The van der Waals surface area contributed by atoms with Gasteiger partial charge in [0.05, 0.1) is 5.60 Å².